The molecule has 0 radical (unpaired) electrons. The lowest BCUT2D eigenvalue weighted by Crippen LogP contribution is -2.17. The van der Waals surface area contributed by atoms with Gasteiger partial charge in [-0.05, 0) is 12.1 Å². The van der Waals surface area contributed by atoms with E-state index in [2.05, 4.69) is 11.1 Å². The Hall–Kier alpha value is -2.06. The summed E-state index contributed by atoms with van der Waals surface area (Å²) in [7, 11) is 0. The number of aromatic nitrogens is 1. The summed E-state index contributed by atoms with van der Waals surface area (Å²) in [5.74, 6) is 0. The molecule has 0 spiro atoms. The Morgan fingerprint density at radius 3 is 2.71 bits per heavy atom. The average molecular weight is 244 g/mol. The molecule has 5 heteroatoms. The third kappa shape index (κ3) is 2.74. The van der Waals surface area contributed by atoms with E-state index in [4.69, 9.17) is 11.0 Å². The number of benzene rings is 1. The molecule has 4 nitrogen and oxygen atoms in total. The molecule has 0 aliphatic carbocycles. The van der Waals surface area contributed by atoms with Gasteiger partial charge in [0.1, 0.15) is 5.00 Å². The quantitative estimate of drug-likeness (QED) is 0.898. The van der Waals surface area contributed by atoms with Crippen LogP contribution in [0.25, 0.3) is 0 Å². The van der Waals surface area contributed by atoms with E-state index in [0.29, 0.717) is 18.0 Å². The van der Waals surface area contributed by atoms with Gasteiger partial charge < -0.3 is 10.6 Å². The Morgan fingerprint density at radius 1 is 1.35 bits per heavy atom. The number of para-hydroxylation sites is 1. The first-order valence-corrected chi connectivity index (χ1v) is 6.04. The van der Waals surface area contributed by atoms with E-state index in [1.54, 1.807) is 6.20 Å². The molecule has 0 saturated carbocycles. The summed E-state index contributed by atoms with van der Waals surface area (Å²) in [4.78, 5) is 6.26. The largest absolute Gasteiger partial charge is 0.389 e. The lowest BCUT2D eigenvalue weighted by molar-refractivity contribution is 0.941. The highest BCUT2D eigenvalue weighted by molar-refractivity contribution is 7.19. The van der Waals surface area contributed by atoms with Gasteiger partial charge in [-0.15, -0.1) is 0 Å². The van der Waals surface area contributed by atoms with Crippen molar-refractivity contribution < 1.29 is 0 Å². The number of nitriles is 1. The lowest BCUT2D eigenvalue weighted by Gasteiger charge is -2.20. The van der Waals surface area contributed by atoms with E-state index < -0.39 is 0 Å². The highest BCUT2D eigenvalue weighted by Gasteiger charge is 2.12. The topological polar surface area (TPSA) is 65.9 Å². The maximum atomic E-state index is 8.70. The first-order chi connectivity index (χ1) is 8.31. The van der Waals surface area contributed by atoms with Crippen molar-refractivity contribution in [1.29, 1.82) is 5.26 Å². The van der Waals surface area contributed by atoms with Crippen LogP contribution in [0.3, 0.4) is 0 Å². The van der Waals surface area contributed by atoms with E-state index in [1.165, 1.54) is 11.3 Å². The molecule has 0 atom stereocenters. The molecule has 0 aliphatic rings. The van der Waals surface area contributed by atoms with Crippen molar-refractivity contribution in [3.8, 4) is 6.07 Å². The van der Waals surface area contributed by atoms with E-state index in [1.807, 2.05) is 35.2 Å². The van der Waals surface area contributed by atoms with Crippen LogP contribution < -0.4 is 10.6 Å². The predicted octanol–water partition coefficient (Wildman–Crippen LogP) is 2.78. The van der Waals surface area contributed by atoms with Crippen molar-refractivity contribution in [1.82, 2.24) is 4.98 Å². The zero-order chi connectivity index (χ0) is 12.1. The first-order valence-electron chi connectivity index (χ1n) is 5.22. The summed E-state index contributed by atoms with van der Waals surface area (Å²) in [6.45, 7) is 0.619. The molecule has 0 fully saturated rings. The van der Waals surface area contributed by atoms with Gasteiger partial charge in [0, 0.05) is 12.2 Å². The van der Waals surface area contributed by atoms with Gasteiger partial charge in [0.15, 0.2) is 5.13 Å². The molecule has 0 unspecified atom stereocenters. The number of nitrogen functional groups attached to an aromatic ring is 1. The van der Waals surface area contributed by atoms with Gasteiger partial charge in [0.25, 0.3) is 0 Å². The van der Waals surface area contributed by atoms with Gasteiger partial charge in [-0.1, -0.05) is 29.5 Å². The second-order valence-corrected chi connectivity index (χ2v) is 4.48. The van der Waals surface area contributed by atoms with Crippen LogP contribution in [0.5, 0.6) is 0 Å². The molecule has 0 aliphatic heterocycles. The zero-order valence-electron chi connectivity index (χ0n) is 9.21. The van der Waals surface area contributed by atoms with Crippen LogP contribution in [0, 0.1) is 11.3 Å². The van der Waals surface area contributed by atoms with Gasteiger partial charge in [-0.2, -0.15) is 5.26 Å². The third-order valence-electron chi connectivity index (χ3n) is 2.26. The molecular weight excluding hydrogens is 232 g/mol. The fourth-order valence-corrected chi connectivity index (χ4v) is 2.24. The highest BCUT2D eigenvalue weighted by atomic mass is 32.1. The van der Waals surface area contributed by atoms with Crippen molar-refractivity contribution >= 4 is 27.2 Å². The normalized spacial score (nSPS) is 9.82. The number of nitrogens with two attached hydrogens (primary N) is 1. The molecule has 17 heavy (non-hydrogen) atoms. The van der Waals surface area contributed by atoms with Gasteiger partial charge in [-0.3, -0.25) is 0 Å². The van der Waals surface area contributed by atoms with Crippen LogP contribution >= 0.6 is 11.3 Å². The molecule has 1 heterocycles. The summed E-state index contributed by atoms with van der Waals surface area (Å²) in [5, 5.41) is 10.2. The Labute approximate surface area is 104 Å². The summed E-state index contributed by atoms with van der Waals surface area (Å²) >= 11 is 1.42. The molecular formula is C12H12N4S. The first kappa shape index (κ1) is 11.4. The van der Waals surface area contributed by atoms with Crippen LogP contribution in [0.1, 0.15) is 6.42 Å². The third-order valence-corrected chi connectivity index (χ3v) is 3.11. The minimum absolute atomic E-state index is 0.453. The molecule has 0 saturated heterocycles. The summed E-state index contributed by atoms with van der Waals surface area (Å²) < 4.78 is 0. The lowest BCUT2D eigenvalue weighted by atomic mass is 10.3. The summed E-state index contributed by atoms with van der Waals surface area (Å²) in [5.41, 5.74) is 6.71. The SMILES string of the molecule is N#CCCN(c1ccccc1)c1ncc(N)s1. The van der Waals surface area contributed by atoms with Crippen molar-refractivity contribution in [2.24, 2.45) is 0 Å². The van der Waals surface area contributed by atoms with Gasteiger partial charge >= 0.3 is 0 Å². The van der Waals surface area contributed by atoms with Crippen molar-refractivity contribution in [2.75, 3.05) is 17.2 Å². The predicted molar refractivity (Wildman–Crippen MR) is 70.2 cm³/mol. The second-order valence-electron chi connectivity index (χ2n) is 3.44. The summed E-state index contributed by atoms with van der Waals surface area (Å²) in [6.07, 6.45) is 2.09. The maximum Gasteiger partial charge on any atom is 0.191 e. The fraction of sp³-hybridized carbons (Fsp3) is 0.167. The summed E-state index contributed by atoms with van der Waals surface area (Å²) in [6, 6.07) is 12.0. The zero-order valence-corrected chi connectivity index (χ0v) is 10.0. The van der Waals surface area contributed by atoms with Crippen LogP contribution in [-0.2, 0) is 0 Å². The molecule has 2 N–H and O–H groups in total. The Balaban J connectivity index is 2.29. The number of nitrogens with zero attached hydrogens (tertiary/aromatic N) is 3. The monoisotopic (exact) mass is 244 g/mol. The molecule has 0 bridgehead atoms. The molecule has 86 valence electrons. The Bertz CT molecular complexity index is 515. The molecule has 1 aromatic carbocycles. The van der Waals surface area contributed by atoms with E-state index in [-0.39, 0.29) is 0 Å². The number of anilines is 3. The van der Waals surface area contributed by atoms with E-state index >= 15 is 0 Å². The number of hydrogen-bond acceptors (Lipinski definition) is 5. The maximum absolute atomic E-state index is 8.70. The van der Waals surface area contributed by atoms with Crippen LogP contribution in [0.2, 0.25) is 0 Å². The Morgan fingerprint density at radius 2 is 2.12 bits per heavy atom. The minimum Gasteiger partial charge on any atom is -0.389 e. The van der Waals surface area contributed by atoms with Gasteiger partial charge in [0.2, 0.25) is 0 Å². The standard InChI is InChI=1S/C12H12N4S/c13-7-4-8-16(10-5-2-1-3-6-10)12-15-9-11(14)17-12/h1-3,5-6,9H,4,8,14H2. The smallest absolute Gasteiger partial charge is 0.191 e. The van der Waals surface area contributed by atoms with Crippen LogP contribution in [0.15, 0.2) is 36.5 Å². The van der Waals surface area contributed by atoms with Gasteiger partial charge in [0.05, 0.1) is 18.7 Å². The average Bonchev–Trinajstić information content (AvgIpc) is 2.78. The van der Waals surface area contributed by atoms with E-state index in [0.717, 1.165) is 10.8 Å². The van der Waals surface area contributed by atoms with Crippen molar-refractivity contribution in [3.05, 3.63) is 36.5 Å². The second kappa shape index (κ2) is 5.32. The number of rotatable bonds is 4. The highest BCUT2D eigenvalue weighted by Crippen LogP contribution is 2.30. The van der Waals surface area contributed by atoms with E-state index in [9.17, 15) is 0 Å². The van der Waals surface area contributed by atoms with Crippen LogP contribution in [0.4, 0.5) is 15.8 Å². The van der Waals surface area contributed by atoms with Gasteiger partial charge in [-0.25, -0.2) is 4.98 Å². The molecule has 2 rings (SSSR count). The fourth-order valence-electron chi connectivity index (χ4n) is 1.51. The van der Waals surface area contributed by atoms with Crippen LogP contribution in [-0.4, -0.2) is 11.5 Å². The van der Waals surface area contributed by atoms with Crippen molar-refractivity contribution in [2.45, 2.75) is 6.42 Å². The molecule has 2 aromatic rings. The van der Waals surface area contributed by atoms with Crippen molar-refractivity contribution in [3.63, 3.8) is 0 Å². The molecule has 0 amide bonds. The minimum atomic E-state index is 0.453. The number of thiazole rings is 1. The Kier molecular flexibility index (Phi) is 3.58. The number of hydrogen-bond donors (Lipinski definition) is 1. The molecule has 1 aromatic heterocycles.